The molecule has 2 heterocycles. The molecule has 0 radical (unpaired) electrons. The molecule has 0 saturated carbocycles. The lowest BCUT2D eigenvalue weighted by atomic mass is 10.1. The number of amides is 1. The first-order chi connectivity index (χ1) is 12.9. The Morgan fingerprint density at radius 2 is 1.67 bits per heavy atom. The molecule has 1 saturated heterocycles. The number of benzene rings is 1. The van der Waals surface area contributed by atoms with Gasteiger partial charge in [0.1, 0.15) is 5.75 Å². The molecule has 27 heavy (non-hydrogen) atoms. The SMILES string of the molecule is COc1ccc(C(=O)N2CCN(CC(=O)c3cc(C)n(C)c3C)CC2)cc1. The highest BCUT2D eigenvalue weighted by molar-refractivity contribution is 5.99. The highest BCUT2D eigenvalue weighted by atomic mass is 16.5. The van der Waals surface area contributed by atoms with E-state index in [1.54, 1.807) is 31.4 Å². The summed E-state index contributed by atoms with van der Waals surface area (Å²) < 4.78 is 7.17. The van der Waals surface area contributed by atoms with Crippen LogP contribution in [0.25, 0.3) is 0 Å². The van der Waals surface area contributed by atoms with E-state index in [0.717, 1.165) is 22.7 Å². The van der Waals surface area contributed by atoms with Crippen molar-refractivity contribution < 1.29 is 14.3 Å². The molecule has 3 rings (SSSR count). The largest absolute Gasteiger partial charge is 0.497 e. The number of nitrogens with zero attached hydrogens (tertiary/aromatic N) is 3. The molecule has 0 aliphatic carbocycles. The molecule has 0 unspecified atom stereocenters. The van der Waals surface area contributed by atoms with Crippen LogP contribution in [-0.4, -0.2) is 65.9 Å². The van der Waals surface area contributed by atoms with E-state index in [-0.39, 0.29) is 11.7 Å². The predicted molar refractivity (Wildman–Crippen MR) is 105 cm³/mol. The van der Waals surface area contributed by atoms with Crippen LogP contribution in [0, 0.1) is 13.8 Å². The summed E-state index contributed by atoms with van der Waals surface area (Å²) in [5, 5.41) is 0. The lowest BCUT2D eigenvalue weighted by Crippen LogP contribution is -2.49. The van der Waals surface area contributed by atoms with Gasteiger partial charge in [0.15, 0.2) is 5.78 Å². The van der Waals surface area contributed by atoms with Gasteiger partial charge < -0.3 is 14.2 Å². The van der Waals surface area contributed by atoms with Gasteiger partial charge in [-0.05, 0) is 44.2 Å². The van der Waals surface area contributed by atoms with E-state index in [1.165, 1.54) is 0 Å². The number of methoxy groups -OCH3 is 1. The van der Waals surface area contributed by atoms with Crippen molar-refractivity contribution in [2.45, 2.75) is 13.8 Å². The van der Waals surface area contributed by atoms with Crippen molar-refractivity contribution in [1.82, 2.24) is 14.4 Å². The third-order valence-electron chi connectivity index (χ3n) is 5.44. The van der Waals surface area contributed by atoms with E-state index in [0.29, 0.717) is 38.3 Å². The van der Waals surface area contributed by atoms with Crippen LogP contribution in [0.15, 0.2) is 30.3 Å². The Kier molecular flexibility index (Phi) is 5.65. The van der Waals surface area contributed by atoms with E-state index in [9.17, 15) is 9.59 Å². The first-order valence-electron chi connectivity index (χ1n) is 9.22. The van der Waals surface area contributed by atoms with Gasteiger partial charge in [-0.3, -0.25) is 14.5 Å². The van der Waals surface area contributed by atoms with Gasteiger partial charge in [-0.15, -0.1) is 0 Å². The molecule has 0 N–H and O–H groups in total. The van der Waals surface area contributed by atoms with E-state index in [1.807, 2.05) is 36.4 Å². The van der Waals surface area contributed by atoms with Crippen molar-refractivity contribution in [3.63, 3.8) is 0 Å². The maximum absolute atomic E-state index is 12.6. The molecule has 1 aromatic carbocycles. The lowest BCUT2D eigenvalue weighted by molar-refractivity contribution is 0.0624. The zero-order valence-corrected chi connectivity index (χ0v) is 16.5. The summed E-state index contributed by atoms with van der Waals surface area (Å²) in [5.41, 5.74) is 3.55. The zero-order valence-electron chi connectivity index (χ0n) is 16.5. The number of ketones is 1. The fourth-order valence-electron chi connectivity index (χ4n) is 3.45. The number of hydrogen-bond acceptors (Lipinski definition) is 4. The van der Waals surface area contributed by atoms with E-state index < -0.39 is 0 Å². The van der Waals surface area contributed by atoms with Crippen LogP contribution in [0.2, 0.25) is 0 Å². The van der Waals surface area contributed by atoms with Gasteiger partial charge >= 0.3 is 0 Å². The summed E-state index contributed by atoms with van der Waals surface area (Å²) in [5.74, 6) is 0.908. The zero-order chi connectivity index (χ0) is 19.6. The third kappa shape index (κ3) is 4.06. The second-order valence-electron chi connectivity index (χ2n) is 7.06. The lowest BCUT2D eigenvalue weighted by Gasteiger charge is -2.34. The summed E-state index contributed by atoms with van der Waals surface area (Å²) >= 11 is 0. The molecular formula is C21H27N3O3. The number of aromatic nitrogens is 1. The van der Waals surface area contributed by atoms with Crippen LogP contribution in [0.3, 0.4) is 0 Å². The maximum Gasteiger partial charge on any atom is 0.253 e. The van der Waals surface area contributed by atoms with Crippen molar-refractivity contribution in [2.24, 2.45) is 7.05 Å². The average Bonchev–Trinajstić information content (AvgIpc) is 2.95. The number of rotatable bonds is 5. The Morgan fingerprint density at radius 1 is 1.04 bits per heavy atom. The fourth-order valence-corrected chi connectivity index (χ4v) is 3.45. The minimum atomic E-state index is 0.0261. The molecule has 1 aliphatic rings. The summed E-state index contributed by atoms with van der Waals surface area (Å²) in [6.45, 7) is 7.06. The van der Waals surface area contributed by atoms with Crippen LogP contribution < -0.4 is 4.74 Å². The first-order valence-corrected chi connectivity index (χ1v) is 9.22. The maximum atomic E-state index is 12.6. The van der Waals surface area contributed by atoms with Crippen molar-refractivity contribution in [2.75, 3.05) is 39.8 Å². The quantitative estimate of drug-likeness (QED) is 0.759. The Hall–Kier alpha value is -2.60. The van der Waals surface area contributed by atoms with Crippen molar-refractivity contribution in [3.8, 4) is 5.75 Å². The summed E-state index contributed by atoms with van der Waals surface area (Å²) in [4.78, 5) is 29.3. The molecule has 1 aliphatic heterocycles. The van der Waals surface area contributed by atoms with Crippen molar-refractivity contribution >= 4 is 11.7 Å². The van der Waals surface area contributed by atoms with Gasteiger partial charge in [0, 0.05) is 55.7 Å². The summed E-state index contributed by atoms with van der Waals surface area (Å²) in [6, 6.07) is 9.13. The Bertz CT molecular complexity index is 831. The molecule has 144 valence electrons. The minimum absolute atomic E-state index is 0.0261. The fraction of sp³-hybridized carbons (Fsp3) is 0.429. The van der Waals surface area contributed by atoms with Gasteiger partial charge in [0.2, 0.25) is 0 Å². The summed E-state index contributed by atoms with van der Waals surface area (Å²) in [7, 11) is 3.58. The molecule has 6 heteroatoms. The molecule has 2 aromatic rings. The normalized spacial score (nSPS) is 15.0. The Morgan fingerprint density at radius 3 is 2.19 bits per heavy atom. The molecule has 1 amide bonds. The van der Waals surface area contributed by atoms with Gasteiger partial charge in [-0.1, -0.05) is 0 Å². The van der Waals surface area contributed by atoms with Gasteiger partial charge in [0.05, 0.1) is 13.7 Å². The first kappa shape index (κ1) is 19.2. The topological polar surface area (TPSA) is 54.8 Å². The highest BCUT2D eigenvalue weighted by Gasteiger charge is 2.24. The van der Waals surface area contributed by atoms with Crippen LogP contribution in [-0.2, 0) is 7.05 Å². The number of aryl methyl sites for hydroxylation is 1. The molecule has 0 spiro atoms. The standard InChI is InChI=1S/C21H27N3O3/c1-15-13-19(16(2)22(15)3)20(25)14-23-9-11-24(12-10-23)21(26)17-5-7-18(27-4)8-6-17/h5-8,13H,9-12,14H2,1-4H3. The van der Waals surface area contributed by atoms with Crippen LogP contribution in [0.5, 0.6) is 5.75 Å². The number of carbonyl (C=O) groups is 2. The van der Waals surface area contributed by atoms with E-state index in [4.69, 9.17) is 4.74 Å². The molecular weight excluding hydrogens is 342 g/mol. The van der Waals surface area contributed by atoms with Crippen molar-refractivity contribution in [1.29, 1.82) is 0 Å². The number of Topliss-reactive ketones (excluding diaryl/α,β-unsaturated/α-hetero) is 1. The number of carbonyl (C=O) groups excluding carboxylic acids is 2. The summed E-state index contributed by atoms with van der Waals surface area (Å²) in [6.07, 6.45) is 0. The minimum Gasteiger partial charge on any atom is -0.497 e. The number of piperazine rings is 1. The molecule has 1 aromatic heterocycles. The predicted octanol–water partition coefficient (Wildman–Crippen LogP) is 2.29. The molecule has 6 nitrogen and oxygen atoms in total. The van der Waals surface area contributed by atoms with E-state index >= 15 is 0 Å². The molecule has 0 atom stereocenters. The van der Waals surface area contributed by atoms with Crippen LogP contribution >= 0.6 is 0 Å². The van der Waals surface area contributed by atoms with Crippen LogP contribution in [0.1, 0.15) is 32.1 Å². The Balaban J connectivity index is 1.55. The van der Waals surface area contributed by atoms with Crippen LogP contribution in [0.4, 0.5) is 0 Å². The van der Waals surface area contributed by atoms with Gasteiger partial charge in [-0.2, -0.15) is 0 Å². The van der Waals surface area contributed by atoms with E-state index in [2.05, 4.69) is 4.90 Å². The smallest absolute Gasteiger partial charge is 0.253 e. The number of hydrogen-bond donors (Lipinski definition) is 0. The van der Waals surface area contributed by atoms with Crippen molar-refractivity contribution in [3.05, 3.63) is 52.8 Å². The molecule has 0 bridgehead atoms. The Labute approximate surface area is 160 Å². The monoisotopic (exact) mass is 369 g/mol. The molecule has 1 fully saturated rings. The third-order valence-corrected chi connectivity index (χ3v) is 5.44. The second-order valence-corrected chi connectivity index (χ2v) is 7.06. The average molecular weight is 369 g/mol. The van der Waals surface area contributed by atoms with Gasteiger partial charge in [0.25, 0.3) is 5.91 Å². The van der Waals surface area contributed by atoms with Gasteiger partial charge in [-0.25, -0.2) is 0 Å². The highest BCUT2D eigenvalue weighted by Crippen LogP contribution is 2.16. The second kappa shape index (κ2) is 7.96. The number of ether oxygens (including phenoxy) is 1.